The van der Waals surface area contributed by atoms with Gasteiger partial charge in [-0.25, -0.2) is 0 Å². The van der Waals surface area contributed by atoms with E-state index in [1.807, 2.05) is 44.2 Å². The Bertz CT molecular complexity index is 1180. The predicted molar refractivity (Wildman–Crippen MR) is 119 cm³/mol. The number of rotatable bonds is 7. The van der Waals surface area contributed by atoms with Gasteiger partial charge in [-0.15, -0.1) is 0 Å². The molecule has 6 nitrogen and oxygen atoms in total. The van der Waals surface area contributed by atoms with E-state index in [-0.39, 0.29) is 30.2 Å². The molecule has 1 unspecified atom stereocenters. The highest BCUT2D eigenvalue weighted by atomic mass is 16.5. The second-order valence-corrected chi connectivity index (χ2v) is 8.03. The summed E-state index contributed by atoms with van der Waals surface area (Å²) in [6, 6.07) is 10.5. The zero-order valence-corrected chi connectivity index (χ0v) is 18.1. The molecule has 1 atom stereocenters. The number of amides is 1. The van der Waals surface area contributed by atoms with Crippen molar-refractivity contribution in [1.29, 1.82) is 0 Å². The number of unbranched alkanes of at least 4 members (excludes halogenated alkanes) is 1. The van der Waals surface area contributed by atoms with Crippen molar-refractivity contribution in [2.24, 2.45) is 0 Å². The zero-order valence-electron chi connectivity index (χ0n) is 18.1. The molecular weight excluding hydrogens is 394 g/mol. The maximum atomic E-state index is 13.5. The maximum Gasteiger partial charge on any atom is 0.290 e. The minimum absolute atomic E-state index is 0.0613. The van der Waals surface area contributed by atoms with Crippen LogP contribution in [0.1, 0.15) is 58.6 Å². The minimum atomic E-state index is -0.610. The van der Waals surface area contributed by atoms with Crippen molar-refractivity contribution in [1.82, 2.24) is 4.90 Å². The van der Waals surface area contributed by atoms with Crippen LogP contribution in [0.2, 0.25) is 0 Å². The van der Waals surface area contributed by atoms with Gasteiger partial charge in [0.2, 0.25) is 5.76 Å². The van der Waals surface area contributed by atoms with Gasteiger partial charge in [0.05, 0.1) is 30.2 Å². The lowest BCUT2D eigenvalue weighted by molar-refractivity contribution is 0.0691. The molecule has 0 bridgehead atoms. The number of nitrogens with zero attached hydrogens (tertiary/aromatic N) is 1. The maximum absolute atomic E-state index is 13.5. The van der Waals surface area contributed by atoms with Crippen LogP contribution < -0.4 is 10.2 Å². The molecule has 1 aliphatic heterocycles. The van der Waals surface area contributed by atoms with E-state index in [1.54, 1.807) is 6.07 Å². The van der Waals surface area contributed by atoms with Crippen molar-refractivity contribution in [2.75, 3.05) is 19.8 Å². The summed E-state index contributed by atoms with van der Waals surface area (Å²) < 4.78 is 11.7. The third-order valence-corrected chi connectivity index (χ3v) is 5.70. The van der Waals surface area contributed by atoms with Gasteiger partial charge < -0.3 is 19.2 Å². The Labute approximate surface area is 181 Å². The van der Waals surface area contributed by atoms with Crippen molar-refractivity contribution in [3.63, 3.8) is 0 Å². The van der Waals surface area contributed by atoms with E-state index in [0.717, 1.165) is 35.3 Å². The van der Waals surface area contributed by atoms with Crippen LogP contribution in [0.4, 0.5) is 0 Å². The van der Waals surface area contributed by atoms with E-state index in [9.17, 15) is 14.7 Å². The largest absolute Gasteiger partial charge is 0.494 e. The van der Waals surface area contributed by atoms with Crippen LogP contribution in [0.5, 0.6) is 5.75 Å². The smallest absolute Gasteiger partial charge is 0.290 e. The SMILES string of the molecule is CCCCOc1ccc(C2c3c(oc4c(C)cc(C)cc4c3=O)C(=O)N2CCO)cc1. The summed E-state index contributed by atoms with van der Waals surface area (Å²) in [6.45, 7) is 6.44. The van der Waals surface area contributed by atoms with Gasteiger partial charge in [-0.2, -0.15) is 0 Å². The Morgan fingerprint density at radius 3 is 2.55 bits per heavy atom. The molecular formula is C25H27NO5. The first kappa shape index (κ1) is 21.1. The minimum Gasteiger partial charge on any atom is -0.494 e. The number of hydrogen-bond donors (Lipinski definition) is 1. The molecule has 3 aromatic rings. The van der Waals surface area contributed by atoms with Gasteiger partial charge >= 0.3 is 0 Å². The number of ether oxygens (including phenoxy) is 1. The normalized spacial score (nSPS) is 15.5. The number of fused-ring (bicyclic) bond motifs is 2. The molecule has 31 heavy (non-hydrogen) atoms. The Kier molecular flexibility index (Phi) is 5.83. The van der Waals surface area contributed by atoms with Crippen LogP contribution >= 0.6 is 0 Å². The van der Waals surface area contributed by atoms with Crippen LogP contribution in [0.25, 0.3) is 11.0 Å². The second kappa shape index (κ2) is 8.55. The average Bonchev–Trinajstić information content (AvgIpc) is 3.02. The molecule has 6 heteroatoms. The van der Waals surface area contributed by atoms with Crippen LogP contribution in [0.3, 0.4) is 0 Å². The van der Waals surface area contributed by atoms with E-state index in [2.05, 4.69) is 6.92 Å². The van der Waals surface area contributed by atoms with Crippen molar-refractivity contribution in [2.45, 2.75) is 39.7 Å². The van der Waals surface area contributed by atoms with E-state index in [4.69, 9.17) is 9.15 Å². The van der Waals surface area contributed by atoms with Crippen molar-refractivity contribution < 1.29 is 19.1 Å². The van der Waals surface area contributed by atoms with Crippen molar-refractivity contribution >= 4 is 16.9 Å². The van der Waals surface area contributed by atoms with Crippen LogP contribution in [-0.2, 0) is 0 Å². The molecule has 1 aromatic heterocycles. The summed E-state index contributed by atoms with van der Waals surface area (Å²) in [6.07, 6.45) is 2.03. The van der Waals surface area contributed by atoms with Gasteiger partial charge in [0.15, 0.2) is 5.43 Å². The number of carbonyl (C=O) groups is 1. The number of aliphatic hydroxyl groups is 1. The van der Waals surface area contributed by atoms with Crippen LogP contribution in [0.15, 0.2) is 45.6 Å². The van der Waals surface area contributed by atoms with Crippen LogP contribution in [-0.4, -0.2) is 35.7 Å². The molecule has 0 spiro atoms. The van der Waals surface area contributed by atoms with Gasteiger partial charge in [-0.05, 0) is 55.2 Å². The molecule has 0 saturated carbocycles. The summed E-state index contributed by atoms with van der Waals surface area (Å²) in [5, 5.41) is 10.0. The van der Waals surface area contributed by atoms with E-state index in [0.29, 0.717) is 23.1 Å². The van der Waals surface area contributed by atoms with Crippen LogP contribution in [0, 0.1) is 13.8 Å². The number of aryl methyl sites for hydroxylation is 2. The lowest BCUT2D eigenvalue weighted by atomic mass is 9.97. The second-order valence-electron chi connectivity index (χ2n) is 8.03. The highest BCUT2D eigenvalue weighted by Gasteiger charge is 2.42. The summed E-state index contributed by atoms with van der Waals surface area (Å²) in [7, 11) is 0. The van der Waals surface area contributed by atoms with Gasteiger partial charge in [-0.1, -0.05) is 31.5 Å². The number of β-amino-alcohol motifs (C(OH)–C–C–N with tert-alkyl or cyclic N) is 1. The molecule has 4 rings (SSSR count). The van der Waals surface area contributed by atoms with Crippen molar-refractivity contribution in [3.8, 4) is 5.75 Å². The summed E-state index contributed by atoms with van der Waals surface area (Å²) in [5.41, 5.74) is 3.11. The summed E-state index contributed by atoms with van der Waals surface area (Å²) in [5.74, 6) is 0.426. The standard InChI is InChI=1S/C25H27NO5/c1-4-5-12-30-18-8-6-17(7-9-18)21-20-22(28)19-14-15(2)13-16(3)23(19)31-24(20)25(29)26(21)10-11-27/h6-9,13-14,21,27H,4-5,10-12H2,1-3H3. The fourth-order valence-corrected chi connectivity index (χ4v) is 4.24. The monoisotopic (exact) mass is 421 g/mol. The predicted octanol–water partition coefficient (Wildman–Crippen LogP) is 4.13. The average molecular weight is 421 g/mol. The Balaban J connectivity index is 1.84. The molecule has 0 saturated heterocycles. The fraction of sp³-hybridized carbons (Fsp3) is 0.360. The Morgan fingerprint density at radius 1 is 1.13 bits per heavy atom. The molecule has 1 N–H and O–H groups in total. The molecule has 0 radical (unpaired) electrons. The molecule has 0 aliphatic carbocycles. The molecule has 2 aromatic carbocycles. The third kappa shape index (κ3) is 3.72. The van der Waals surface area contributed by atoms with Gasteiger partial charge in [0.1, 0.15) is 11.3 Å². The first-order valence-electron chi connectivity index (χ1n) is 10.7. The first-order chi connectivity index (χ1) is 15.0. The zero-order chi connectivity index (χ0) is 22.1. The Hall–Kier alpha value is -3.12. The van der Waals surface area contributed by atoms with E-state index in [1.165, 1.54) is 4.90 Å². The van der Waals surface area contributed by atoms with E-state index < -0.39 is 6.04 Å². The number of carbonyl (C=O) groups excluding carboxylic acids is 1. The molecule has 162 valence electrons. The topological polar surface area (TPSA) is 80.0 Å². The number of aliphatic hydroxyl groups excluding tert-OH is 1. The number of benzene rings is 2. The highest BCUT2D eigenvalue weighted by molar-refractivity contribution is 5.99. The number of hydrogen-bond acceptors (Lipinski definition) is 5. The summed E-state index contributed by atoms with van der Waals surface area (Å²) >= 11 is 0. The Morgan fingerprint density at radius 2 is 1.87 bits per heavy atom. The quantitative estimate of drug-likeness (QED) is 0.581. The summed E-state index contributed by atoms with van der Waals surface area (Å²) in [4.78, 5) is 28.2. The third-order valence-electron chi connectivity index (χ3n) is 5.70. The highest BCUT2D eigenvalue weighted by Crippen LogP contribution is 2.38. The first-order valence-corrected chi connectivity index (χ1v) is 10.7. The van der Waals surface area contributed by atoms with E-state index >= 15 is 0 Å². The van der Waals surface area contributed by atoms with Gasteiger partial charge in [0.25, 0.3) is 5.91 Å². The molecule has 1 amide bonds. The van der Waals surface area contributed by atoms with Crippen molar-refractivity contribution in [3.05, 3.63) is 74.6 Å². The molecule has 2 heterocycles. The fourth-order valence-electron chi connectivity index (χ4n) is 4.24. The lowest BCUT2D eigenvalue weighted by Crippen LogP contribution is -2.32. The van der Waals surface area contributed by atoms with Gasteiger partial charge in [0, 0.05) is 6.54 Å². The van der Waals surface area contributed by atoms with Gasteiger partial charge in [-0.3, -0.25) is 9.59 Å². The lowest BCUT2D eigenvalue weighted by Gasteiger charge is -2.24. The molecule has 1 aliphatic rings. The molecule has 0 fully saturated rings.